The van der Waals surface area contributed by atoms with Crippen LogP contribution in [0.2, 0.25) is 0 Å². The van der Waals surface area contributed by atoms with Crippen molar-refractivity contribution in [1.82, 2.24) is 10.6 Å². The summed E-state index contributed by atoms with van der Waals surface area (Å²) in [6.45, 7) is 8.34. The minimum atomic E-state index is -0.824. The van der Waals surface area contributed by atoms with Crippen LogP contribution in [0.15, 0.2) is 0 Å². The van der Waals surface area contributed by atoms with Crippen molar-refractivity contribution in [2.45, 2.75) is 143 Å². The molecule has 190 valence electrons. The molecule has 0 radical (unpaired) electrons. The van der Waals surface area contributed by atoms with Crippen LogP contribution in [0.5, 0.6) is 0 Å². The zero-order valence-electron chi connectivity index (χ0n) is 21.6. The quantitative estimate of drug-likeness (QED) is 0.136. The lowest BCUT2D eigenvalue weighted by atomic mass is 9.97. The molecule has 0 fully saturated rings. The molecule has 6 heteroatoms. The third-order valence-corrected chi connectivity index (χ3v) is 6.04. The van der Waals surface area contributed by atoms with Gasteiger partial charge in [-0.05, 0) is 33.1 Å². The van der Waals surface area contributed by atoms with Crippen LogP contribution in [0.25, 0.3) is 0 Å². The van der Waals surface area contributed by atoms with Crippen molar-refractivity contribution < 1.29 is 19.1 Å². The van der Waals surface area contributed by atoms with E-state index in [4.69, 9.17) is 9.47 Å². The second-order valence-corrected chi connectivity index (χ2v) is 8.83. The molecule has 0 aromatic carbocycles. The maximum absolute atomic E-state index is 12.0. The smallest absolute Gasteiger partial charge is 0.408 e. The molecular formula is C26H52N2O4. The van der Waals surface area contributed by atoms with E-state index in [9.17, 15) is 9.59 Å². The van der Waals surface area contributed by atoms with Crippen molar-refractivity contribution in [3.05, 3.63) is 0 Å². The Hall–Kier alpha value is -1.46. The number of carbonyl (C=O) groups excluding carboxylic acids is 2. The third kappa shape index (κ3) is 17.1. The first-order valence-electron chi connectivity index (χ1n) is 13.4. The van der Waals surface area contributed by atoms with Crippen LogP contribution in [0.4, 0.5) is 9.59 Å². The van der Waals surface area contributed by atoms with Crippen LogP contribution >= 0.6 is 0 Å². The fourth-order valence-electron chi connectivity index (χ4n) is 4.03. The second-order valence-electron chi connectivity index (χ2n) is 8.83. The summed E-state index contributed by atoms with van der Waals surface area (Å²) in [5, 5.41) is 5.69. The normalized spacial score (nSPS) is 11.2. The highest BCUT2D eigenvalue weighted by Gasteiger charge is 2.32. The average molecular weight is 457 g/mol. The molecule has 0 saturated carbocycles. The minimum Gasteiger partial charge on any atom is -0.450 e. The average Bonchev–Trinajstić information content (AvgIpc) is 2.76. The maximum atomic E-state index is 12.0. The summed E-state index contributed by atoms with van der Waals surface area (Å²) in [5.41, 5.74) is -0.824. The predicted molar refractivity (Wildman–Crippen MR) is 133 cm³/mol. The number of hydrogen-bond donors (Lipinski definition) is 2. The highest BCUT2D eigenvalue weighted by atomic mass is 16.6. The molecule has 0 aliphatic carbocycles. The highest BCUT2D eigenvalue weighted by molar-refractivity contribution is 5.72. The van der Waals surface area contributed by atoms with Crippen LogP contribution in [0.1, 0.15) is 137 Å². The van der Waals surface area contributed by atoms with Gasteiger partial charge in [-0.25, -0.2) is 9.59 Å². The lowest BCUT2D eigenvalue weighted by Crippen LogP contribution is -2.60. The van der Waals surface area contributed by atoms with Crippen molar-refractivity contribution in [2.75, 3.05) is 13.2 Å². The SMILES string of the molecule is CCCCCCCCCCCCCCCCCC(CC)(NC(=O)OCC)NC(=O)OCC. The molecule has 0 heterocycles. The van der Waals surface area contributed by atoms with Crippen LogP contribution in [0, 0.1) is 0 Å². The molecule has 0 atom stereocenters. The Balaban J connectivity index is 3.97. The standard InChI is InChI=1S/C26H52N2O4/c1-5-9-10-11-12-13-14-15-16-17-18-19-20-21-22-23-26(6-2,27-24(29)31-7-3)28-25(30)32-8-4/h5-23H2,1-4H3,(H,27,29)(H,28,30). The topological polar surface area (TPSA) is 76.7 Å². The van der Waals surface area contributed by atoms with Crippen molar-refractivity contribution >= 4 is 12.2 Å². The van der Waals surface area contributed by atoms with Gasteiger partial charge in [-0.2, -0.15) is 0 Å². The van der Waals surface area contributed by atoms with Gasteiger partial charge < -0.3 is 9.47 Å². The summed E-state index contributed by atoms with van der Waals surface area (Å²) in [7, 11) is 0. The van der Waals surface area contributed by atoms with Gasteiger partial charge in [0.15, 0.2) is 0 Å². The van der Waals surface area contributed by atoms with Crippen molar-refractivity contribution in [2.24, 2.45) is 0 Å². The van der Waals surface area contributed by atoms with Gasteiger partial charge in [-0.3, -0.25) is 10.6 Å². The van der Waals surface area contributed by atoms with E-state index in [1.165, 1.54) is 83.5 Å². The van der Waals surface area contributed by atoms with E-state index >= 15 is 0 Å². The molecule has 0 bridgehead atoms. The van der Waals surface area contributed by atoms with Gasteiger partial charge in [-0.1, -0.05) is 104 Å². The number of nitrogens with one attached hydrogen (secondary N) is 2. The highest BCUT2D eigenvalue weighted by Crippen LogP contribution is 2.19. The number of carbonyl (C=O) groups is 2. The molecule has 0 spiro atoms. The number of amides is 2. The molecule has 0 aliphatic rings. The Morgan fingerprint density at radius 1 is 0.562 bits per heavy atom. The van der Waals surface area contributed by atoms with Crippen LogP contribution in [-0.2, 0) is 9.47 Å². The van der Waals surface area contributed by atoms with Gasteiger partial charge in [0.1, 0.15) is 5.66 Å². The minimum absolute atomic E-state index is 0.296. The van der Waals surface area contributed by atoms with Gasteiger partial charge in [0.05, 0.1) is 13.2 Å². The zero-order chi connectivity index (χ0) is 23.9. The summed E-state index contributed by atoms with van der Waals surface area (Å²) >= 11 is 0. The zero-order valence-corrected chi connectivity index (χ0v) is 21.6. The third-order valence-electron chi connectivity index (χ3n) is 6.04. The van der Waals surface area contributed by atoms with Gasteiger partial charge in [0.2, 0.25) is 0 Å². The first-order chi connectivity index (χ1) is 15.5. The molecule has 0 aliphatic heterocycles. The molecule has 0 saturated heterocycles. The van der Waals surface area contributed by atoms with E-state index < -0.39 is 17.8 Å². The Bertz CT molecular complexity index is 437. The van der Waals surface area contributed by atoms with Gasteiger partial charge in [0, 0.05) is 0 Å². The molecule has 0 aromatic rings. The summed E-state index contributed by atoms with van der Waals surface area (Å²) < 4.78 is 10.1. The van der Waals surface area contributed by atoms with Crippen LogP contribution < -0.4 is 10.6 Å². The van der Waals surface area contributed by atoms with E-state index in [2.05, 4.69) is 17.6 Å². The van der Waals surface area contributed by atoms with Crippen LogP contribution in [-0.4, -0.2) is 31.1 Å². The molecule has 2 amide bonds. The Kier molecular flexibility index (Phi) is 20.4. The predicted octanol–water partition coefficient (Wildman–Crippen LogP) is 7.85. The Labute approximate surface area is 198 Å². The van der Waals surface area contributed by atoms with Crippen molar-refractivity contribution in [1.29, 1.82) is 0 Å². The van der Waals surface area contributed by atoms with E-state index in [0.29, 0.717) is 26.1 Å². The van der Waals surface area contributed by atoms with Crippen molar-refractivity contribution in [3.8, 4) is 0 Å². The maximum Gasteiger partial charge on any atom is 0.408 e. The number of rotatable bonds is 21. The first kappa shape index (κ1) is 30.5. The molecule has 0 unspecified atom stereocenters. The van der Waals surface area contributed by atoms with Gasteiger partial charge in [-0.15, -0.1) is 0 Å². The molecule has 6 nitrogen and oxygen atoms in total. The molecular weight excluding hydrogens is 404 g/mol. The fraction of sp³-hybridized carbons (Fsp3) is 0.923. The number of hydrogen-bond acceptors (Lipinski definition) is 4. The monoisotopic (exact) mass is 456 g/mol. The van der Waals surface area contributed by atoms with Crippen molar-refractivity contribution in [3.63, 3.8) is 0 Å². The lowest BCUT2D eigenvalue weighted by Gasteiger charge is -2.34. The van der Waals surface area contributed by atoms with Gasteiger partial charge in [0.25, 0.3) is 0 Å². The first-order valence-corrected chi connectivity index (χ1v) is 13.4. The van der Waals surface area contributed by atoms with E-state index in [-0.39, 0.29) is 0 Å². The summed E-state index contributed by atoms with van der Waals surface area (Å²) in [5.74, 6) is 0. The lowest BCUT2D eigenvalue weighted by molar-refractivity contribution is 0.109. The van der Waals surface area contributed by atoms with Crippen LogP contribution in [0.3, 0.4) is 0 Å². The van der Waals surface area contributed by atoms with Gasteiger partial charge >= 0.3 is 12.2 Å². The number of alkyl carbamates (subject to hydrolysis) is 2. The summed E-state index contributed by atoms with van der Waals surface area (Å²) in [6.07, 6.45) is 19.8. The van der Waals surface area contributed by atoms with E-state index in [1.807, 2.05) is 6.92 Å². The van der Waals surface area contributed by atoms with E-state index in [1.54, 1.807) is 13.8 Å². The van der Waals surface area contributed by atoms with E-state index in [0.717, 1.165) is 12.8 Å². The Morgan fingerprint density at radius 3 is 1.22 bits per heavy atom. The summed E-state index contributed by atoms with van der Waals surface area (Å²) in [4.78, 5) is 24.0. The molecule has 0 rings (SSSR count). The fourth-order valence-corrected chi connectivity index (χ4v) is 4.03. The number of unbranched alkanes of at least 4 members (excludes halogenated alkanes) is 14. The molecule has 0 aromatic heterocycles. The summed E-state index contributed by atoms with van der Waals surface area (Å²) in [6, 6.07) is 0. The molecule has 32 heavy (non-hydrogen) atoms. The molecule has 2 N–H and O–H groups in total. The Morgan fingerprint density at radius 2 is 0.906 bits per heavy atom. The number of ether oxygens (including phenoxy) is 2. The second kappa shape index (κ2) is 21.4. The largest absolute Gasteiger partial charge is 0.450 e.